The number of hydrogen-bond donors (Lipinski definition) is 1. The molecule has 1 amide bonds. The fourth-order valence-electron chi connectivity index (χ4n) is 3.46. The number of rotatable bonds is 6. The molecular formula is C20H20F3N3O2S. The molecule has 9 heteroatoms. The maximum atomic E-state index is 12.6. The Morgan fingerprint density at radius 1 is 1.34 bits per heavy atom. The summed E-state index contributed by atoms with van der Waals surface area (Å²) in [4.78, 5) is 18.0. The number of hydrogen-bond acceptors (Lipinski definition) is 4. The van der Waals surface area contributed by atoms with Crippen molar-refractivity contribution < 1.29 is 22.7 Å². The third-order valence-electron chi connectivity index (χ3n) is 5.05. The molecule has 0 bridgehead atoms. The van der Waals surface area contributed by atoms with Gasteiger partial charge in [-0.3, -0.25) is 4.79 Å². The Bertz CT molecular complexity index is 1040. The molecule has 2 aromatic heterocycles. The number of aromatic nitrogens is 2. The molecule has 1 unspecified atom stereocenters. The monoisotopic (exact) mass is 423 g/mol. The summed E-state index contributed by atoms with van der Waals surface area (Å²) in [6, 6.07) is 10.7. The lowest BCUT2D eigenvalue weighted by atomic mass is 10.2. The van der Waals surface area contributed by atoms with Gasteiger partial charge in [-0.25, -0.2) is 4.98 Å². The summed E-state index contributed by atoms with van der Waals surface area (Å²) in [5.41, 5.74) is 1.95. The van der Waals surface area contributed by atoms with E-state index < -0.39 is 12.8 Å². The number of thiophene rings is 1. The number of carbonyl (C=O) groups excluding carboxylic acids is 1. The van der Waals surface area contributed by atoms with Gasteiger partial charge in [0.05, 0.1) is 17.1 Å². The van der Waals surface area contributed by atoms with Gasteiger partial charge >= 0.3 is 6.18 Å². The van der Waals surface area contributed by atoms with Crippen molar-refractivity contribution in [2.75, 3.05) is 6.61 Å². The van der Waals surface area contributed by atoms with Crippen LogP contribution in [0.25, 0.3) is 11.0 Å². The molecule has 1 N–H and O–H groups in total. The Balaban J connectivity index is 1.36. The number of fused-ring (bicyclic) bond motifs is 1. The van der Waals surface area contributed by atoms with Gasteiger partial charge in [0.25, 0.3) is 0 Å². The number of ether oxygens (including phenoxy) is 1. The number of imidazole rings is 1. The van der Waals surface area contributed by atoms with Crippen LogP contribution in [0.15, 0.2) is 36.4 Å². The van der Waals surface area contributed by atoms with Gasteiger partial charge < -0.3 is 14.6 Å². The number of alkyl halides is 3. The molecule has 3 aromatic rings. The van der Waals surface area contributed by atoms with E-state index in [1.165, 1.54) is 6.07 Å². The molecule has 1 saturated carbocycles. The summed E-state index contributed by atoms with van der Waals surface area (Å²) >= 11 is 1.10. The maximum Gasteiger partial charge on any atom is 0.422 e. The van der Waals surface area contributed by atoms with Crippen molar-refractivity contribution >= 4 is 28.3 Å². The highest BCUT2D eigenvalue weighted by Gasteiger charge is 2.47. The van der Waals surface area contributed by atoms with E-state index in [-0.39, 0.29) is 28.8 Å². The summed E-state index contributed by atoms with van der Waals surface area (Å²) in [6.07, 6.45) is -3.64. The highest BCUT2D eigenvalue weighted by atomic mass is 32.1. The second-order valence-electron chi connectivity index (χ2n) is 7.26. The van der Waals surface area contributed by atoms with Gasteiger partial charge in [-0.05, 0) is 37.6 Å². The third-order valence-corrected chi connectivity index (χ3v) is 6.23. The first-order chi connectivity index (χ1) is 13.7. The molecule has 0 spiro atoms. The first-order valence-electron chi connectivity index (χ1n) is 9.24. The summed E-state index contributed by atoms with van der Waals surface area (Å²) in [6.45, 7) is 0.485. The van der Waals surface area contributed by atoms with E-state index >= 15 is 0 Å². The van der Waals surface area contributed by atoms with Crippen LogP contribution in [0.3, 0.4) is 0 Å². The minimum Gasteiger partial charge on any atom is -0.475 e. The van der Waals surface area contributed by atoms with E-state index in [2.05, 4.69) is 10.3 Å². The molecule has 4 rings (SSSR count). The Morgan fingerprint density at radius 3 is 2.83 bits per heavy atom. The van der Waals surface area contributed by atoms with Crippen molar-refractivity contribution in [2.24, 2.45) is 13.0 Å². The summed E-state index contributed by atoms with van der Waals surface area (Å²) in [5, 5.41) is 3.14. The van der Waals surface area contributed by atoms with Crippen LogP contribution in [0.5, 0.6) is 5.06 Å². The molecule has 29 heavy (non-hydrogen) atoms. The minimum absolute atomic E-state index is 0.0688. The predicted molar refractivity (Wildman–Crippen MR) is 104 cm³/mol. The molecule has 1 aliphatic carbocycles. The molecule has 2 heterocycles. The third kappa shape index (κ3) is 4.24. The first kappa shape index (κ1) is 19.8. The van der Waals surface area contributed by atoms with Crippen LogP contribution in [0.2, 0.25) is 0 Å². The van der Waals surface area contributed by atoms with E-state index in [0.29, 0.717) is 0 Å². The highest BCUT2D eigenvalue weighted by molar-refractivity contribution is 7.13. The van der Waals surface area contributed by atoms with Gasteiger partial charge in [0, 0.05) is 23.8 Å². The van der Waals surface area contributed by atoms with Gasteiger partial charge in [-0.15, -0.1) is 11.3 Å². The second kappa shape index (κ2) is 7.37. The van der Waals surface area contributed by atoms with Crippen molar-refractivity contribution in [1.82, 2.24) is 14.9 Å². The lowest BCUT2D eigenvalue weighted by Gasteiger charge is -2.12. The van der Waals surface area contributed by atoms with Crippen molar-refractivity contribution in [3.63, 3.8) is 0 Å². The molecule has 1 aromatic carbocycles. The Hall–Kier alpha value is -2.55. The fraction of sp³-hybridized carbons (Fsp3) is 0.400. The zero-order chi connectivity index (χ0) is 20.8. The van der Waals surface area contributed by atoms with Gasteiger partial charge in [-0.1, -0.05) is 12.1 Å². The smallest absolute Gasteiger partial charge is 0.422 e. The van der Waals surface area contributed by atoms with Crippen LogP contribution in [0.1, 0.15) is 36.0 Å². The topological polar surface area (TPSA) is 56.2 Å². The zero-order valence-corrected chi connectivity index (χ0v) is 16.7. The molecule has 0 radical (unpaired) electrons. The molecule has 5 nitrogen and oxygen atoms in total. The van der Waals surface area contributed by atoms with E-state index in [0.717, 1.165) is 39.5 Å². The average Bonchev–Trinajstić information content (AvgIpc) is 3.18. The second-order valence-corrected chi connectivity index (χ2v) is 8.34. The van der Waals surface area contributed by atoms with Crippen LogP contribution in [-0.4, -0.2) is 28.2 Å². The number of amides is 1. The number of benzene rings is 1. The van der Waals surface area contributed by atoms with Crippen LogP contribution in [0, 0.1) is 5.92 Å². The number of carbonyl (C=O) groups is 1. The lowest BCUT2D eigenvalue weighted by Crippen LogP contribution is -2.28. The highest BCUT2D eigenvalue weighted by Crippen LogP contribution is 2.48. The van der Waals surface area contributed by atoms with Crippen molar-refractivity contribution in [3.05, 3.63) is 47.1 Å². The predicted octanol–water partition coefficient (Wildman–Crippen LogP) is 4.56. The average molecular weight is 423 g/mol. The molecule has 1 aliphatic rings. The molecule has 0 saturated heterocycles. The molecular weight excluding hydrogens is 403 g/mol. The number of para-hydroxylation sites is 2. The normalized spacial score (nSPS) is 19.9. The van der Waals surface area contributed by atoms with Crippen LogP contribution >= 0.6 is 11.3 Å². The molecule has 3 atom stereocenters. The fourth-order valence-corrected chi connectivity index (χ4v) is 4.31. The van der Waals surface area contributed by atoms with E-state index in [1.54, 1.807) is 6.07 Å². The Morgan fingerprint density at radius 2 is 2.10 bits per heavy atom. The van der Waals surface area contributed by atoms with Crippen molar-refractivity contribution in [1.29, 1.82) is 0 Å². The lowest BCUT2D eigenvalue weighted by molar-refractivity contribution is -0.152. The van der Waals surface area contributed by atoms with Crippen LogP contribution < -0.4 is 10.1 Å². The summed E-state index contributed by atoms with van der Waals surface area (Å²) in [7, 11) is 1.95. The van der Waals surface area contributed by atoms with Crippen molar-refractivity contribution in [3.8, 4) is 5.06 Å². The molecule has 154 valence electrons. The van der Waals surface area contributed by atoms with E-state index in [1.807, 2.05) is 42.8 Å². The number of nitrogens with zero attached hydrogens (tertiary/aromatic N) is 2. The van der Waals surface area contributed by atoms with Crippen LogP contribution in [-0.2, 0) is 11.8 Å². The first-order valence-corrected chi connectivity index (χ1v) is 10.1. The minimum atomic E-state index is -4.37. The number of aryl methyl sites for hydroxylation is 1. The largest absolute Gasteiger partial charge is 0.475 e. The van der Waals surface area contributed by atoms with E-state index in [9.17, 15) is 18.0 Å². The standard InChI is InChI=1S/C20H20F3N3O2S/c1-11(16-7-8-17(29-16)28-10-20(21,22)23)24-19(27)13-9-12(13)18-25-14-5-3-4-6-15(14)26(18)2/h3-8,11-13H,9-10H2,1-2H3,(H,24,27)/t11?,12-,13-/m1/s1. The van der Waals surface area contributed by atoms with Gasteiger partial charge in [0.2, 0.25) is 5.91 Å². The zero-order valence-electron chi connectivity index (χ0n) is 15.9. The Kier molecular flexibility index (Phi) is 5.02. The van der Waals surface area contributed by atoms with Crippen molar-refractivity contribution in [2.45, 2.75) is 31.5 Å². The quantitative estimate of drug-likeness (QED) is 0.633. The van der Waals surface area contributed by atoms with Crippen LogP contribution in [0.4, 0.5) is 13.2 Å². The Labute approximate surface area is 169 Å². The van der Waals surface area contributed by atoms with Gasteiger partial charge in [-0.2, -0.15) is 13.2 Å². The van der Waals surface area contributed by atoms with Gasteiger partial charge in [0.1, 0.15) is 5.82 Å². The SMILES string of the molecule is CC(NC(=O)[C@@H]1C[C@H]1c1nc2ccccc2n1C)c1ccc(OCC(F)(F)F)s1. The molecule has 0 aliphatic heterocycles. The molecule has 1 fully saturated rings. The number of nitrogens with one attached hydrogen (secondary N) is 1. The van der Waals surface area contributed by atoms with E-state index in [4.69, 9.17) is 4.74 Å². The van der Waals surface area contributed by atoms with Gasteiger partial charge in [0.15, 0.2) is 11.7 Å². The maximum absolute atomic E-state index is 12.6. The summed E-state index contributed by atoms with van der Waals surface area (Å²) in [5.74, 6) is 0.765. The number of halogens is 3. The summed E-state index contributed by atoms with van der Waals surface area (Å²) < 4.78 is 43.6.